The van der Waals surface area contributed by atoms with Crippen LogP contribution in [0.3, 0.4) is 0 Å². The number of carbonyl (C=O) groups is 1. The van der Waals surface area contributed by atoms with Crippen LogP contribution in [0.15, 0.2) is 46.9 Å². The molecule has 1 N–H and O–H groups in total. The fraction of sp³-hybridized carbons (Fsp3) is 0.381. The molecule has 4 nitrogen and oxygen atoms in total. The number of benzene rings is 2. The number of carbonyl (C=O) groups excluding carboxylic acids is 1. The van der Waals surface area contributed by atoms with Crippen molar-refractivity contribution in [1.29, 1.82) is 0 Å². The molecule has 2 saturated heterocycles. The van der Waals surface area contributed by atoms with E-state index in [9.17, 15) is 4.79 Å². The summed E-state index contributed by atoms with van der Waals surface area (Å²) in [6.07, 6.45) is 4.09. The number of furan rings is 1. The Morgan fingerprint density at radius 1 is 1.04 bits per heavy atom. The number of likely N-dealkylation sites (tertiary alicyclic amines) is 1. The molecule has 3 heterocycles. The minimum atomic E-state index is -0.313. The molecule has 0 aliphatic carbocycles. The third-order valence-electron chi connectivity index (χ3n) is 5.95. The topological polar surface area (TPSA) is 45.5 Å². The van der Waals surface area contributed by atoms with E-state index in [-0.39, 0.29) is 11.4 Å². The number of amides is 1. The molecule has 1 atom stereocenters. The van der Waals surface area contributed by atoms with Gasteiger partial charge >= 0.3 is 0 Å². The van der Waals surface area contributed by atoms with Gasteiger partial charge < -0.3 is 9.73 Å². The fourth-order valence-electron chi connectivity index (χ4n) is 4.70. The first-order valence-corrected chi connectivity index (χ1v) is 9.20. The monoisotopic (exact) mass is 334 g/mol. The van der Waals surface area contributed by atoms with Crippen molar-refractivity contribution < 1.29 is 9.21 Å². The van der Waals surface area contributed by atoms with Crippen LogP contribution in [-0.2, 0) is 11.3 Å². The Hall–Kier alpha value is -2.33. The van der Waals surface area contributed by atoms with Crippen molar-refractivity contribution in [2.24, 2.45) is 0 Å². The maximum absolute atomic E-state index is 12.6. The maximum atomic E-state index is 12.6. The molecule has 2 aromatic carbocycles. The van der Waals surface area contributed by atoms with Crippen molar-refractivity contribution >= 4 is 27.8 Å². The van der Waals surface area contributed by atoms with Gasteiger partial charge in [0, 0.05) is 29.4 Å². The first-order valence-electron chi connectivity index (χ1n) is 9.20. The second kappa shape index (κ2) is 5.60. The van der Waals surface area contributed by atoms with E-state index in [1.54, 1.807) is 0 Å². The number of piperidine rings is 1. The molecule has 1 unspecified atom stereocenters. The molecule has 1 amide bonds. The van der Waals surface area contributed by atoms with Gasteiger partial charge in [0.2, 0.25) is 5.91 Å². The van der Waals surface area contributed by atoms with Gasteiger partial charge in [0.25, 0.3) is 0 Å². The first kappa shape index (κ1) is 15.0. The molecule has 2 aliphatic heterocycles. The average Bonchev–Trinajstić information content (AvgIpc) is 3.21. The predicted molar refractivity (Wildman–Crippen MR) is 98.3 cm³/mol. The lowest BCUT2D eigenvalue weighted by Crippen LogP contribution is -2.58. The molecule has 1 spiro atoms. The van der Waals surface area contributed by atoms with Crippen LogP contribution in [0, 0.1) is 0 Å². The number of para-hydroxylation sites is 2. The summed E-state index contributed by atoms with van der Waals surface area (Å²) in [6.45, 7) is 2.56. The van der Waals surface area contributed by atoms with Crippen molar-refractivity contribution in [3.05, 3.63) is 48.0 Å². The van der Waals surface area contributed by atoms with Crippen LogP contribution in [0.2, 0.25) is 0 Å². The zero-order chi connectivity index (χ0) is 16.9. The Morgan fingerprint density at radius 3 is 2.80 bits per heavy atom. The Bertz CT molecular complexity index is 961. The molecule has 128 valence electrons. The van der Waals surface area contributed by atoms with Crippen molar-refractivity contribution in [3.8, 4) is 0 Å². The lowest BCUT2D eigenvalue weighted by atomic mass is 9.86. The Kier molecular flexibility index (Phi) is 3.35. The molecule has 1 aromatic heterocycles. The SMILES string of the molecule is O=C1NCCCC12CCCN2Cc1cccc2c1oc1ccccc12. The van der Waals surface area contributed by atoms with Gasteiger partial charge in [-0.2, -0.15) is 0 Å². The standard InChI is InChI=1S/C21H22N2O2/c24-20-21(10-4-12-22-20)11-5-13-23(21)14-15-6-3-8-17-16-7-1-2-9-18(16)25-19(15)17/h1-3,6-9H,4-5,10-14H2,(H,22,24). The maximum Gasteiger partial charge on any atom is 0.240 e. The Balaban J connectivity index is 1.56. The van der Waals surface area contributed by atoms with Crippen LogP contribution in [0.1, 0.15) is 31.2 Å². The van der Waals surface area contributed by atoms with Gasteiger partial charge in [0.1, 0.15) is 16.7 Å². The normalized spacial score (nSPS) is 24.4. The van der Waals surface area contributed by atoms with Gasteiger partial charge in [0.15, 0.2) is 0 Å². The van der Waals surface area contributed by atoms with E-state index in [0.717, 1.165) is 67.3 Å². The van der Waals surface area contributed by atoms with Gasteiger partial charge in [-0.3, -0.25) is 9.69 Å². The predicted octanol–water partition coefficient (Wildman–Crippen LogP) is 3.83. The molecule has 3 aromatic rings. The zero-order valence-electron chi connectivity index (χ0n) is 14.3. The highest BCUT2D eigenvalue weighted by Crippen LogP contribution is 2.38. The van der Waals surface area contributed by atoms with Crippen LogP contribution in [0.5, 0.6) is 0 Å². The van der Waals surface area contributed by atoms with Gasteiger partial charge in [-0.1, -0.05) is 36.4 Å². The summed E-state index contributed by atoms with van der Waals surface area (Å²) in [4.78, 5) is 15.0. The molecule has 0 bridgehead atoms. The minimum absolute atomic E-state index is 0.216. The summed E-state index contributed by atoms with van der Waals surface area (Å²) in [6, 6.07) is 14.5. The molecule has 0 saturated carbocycles. The van der Waals surface area contributed by atoms with E-state index in [2.05, 4.69) is 34.5 Å². The van der Waals surface area contributed by atoms with Crippen LogP contribution >= 0.6 is 0 Å². The van der Waals surface area contributed by atoms with Gasteiger partial charge in [-0.25, -0.2) is 0 Å². The van der Waals surface area contributed by atoms with E-state index in [1.807, 2.05) is 18.2 Å². The molecule has 2 fully saturated rings. The number of hydrogen-bond acceptors (Lipinski definition) is 3. The summed E-state index contributed by atoms with van der Waals surface area (Å²) >= 11 is 0. The highest BCUT2D eigenvalue weighted by Gasteiger charge is 2.48. The lowest BCUT2D eigenvalue weighted by Gasteiger charge is -2.40. The highest BCUT2D eigenvalue weighted by atomic mass is 16.3. The fourth-order valence-corrected chi connectivity index (χ4v) is 4.70. The van der Waals surface area contributed by atoms with E-state index >= 15 is 0 Å². The van der Waals surface area contributed by atoms with E-state index in [4.69, 9.17) is 4.42 Å². The lowest BCUT2D eigenvalue weighted by molar-refractivity contribution is -0.134. The summed E-state index contributed by atoms with van der Waals surface area (Å²) in [5.41, 5.74) is 2.75. The van der Waals surface area contributed by atoms with Crippen molar-refractivity contribution in [2.45, 2.75) is 37.8 Å². The van der Waals surface area contributed by atoms with Crippen LogP contribution < -0.4 is 5.32 Å². The zero-order valence-corrected chi connectivity index (χ0v) is 14.3. The smallest absolute Gasteiger partial charge is 0.240 e. The van der Waals surface area contributed by atoms with Gasteiger partial charge in [-0.05, 0) is 38.3 Å². The molecule has 4 heteroatoms. The minimum Gasteiger partial charge on any atom is -0.456 e. The van der Waals surface area contributed by atoms with Crippen molar-refractivity contribution in [2.75, 3.05) is 13.1 Å². The second-order valence-electron chi connectivity index (χ2n) is 7.31. The molecule has 2 aliphatic rings. The van der Waals surface area contributed by atoms with E-state index in [1.165, 1.54) is 5.56 Å². The third-order valence-corrected chi connectivity index (χ3v) is 5.95. The van der Waals surface area contributed by atoms with E-state index in [0.29, 0.717) is 0 Å². The van der Waals surface area contributed by atoms with Crippen molar-refractivity contribution in [1.82, 2.24) is 10.2 Å². The summed E-state index contributed by atoms with van der Waals surface area (Å²) < 4.78 is 6.17. The van der Waals surface area contributed by atoms with Crippen LogP contribution in [-0.4, -0.2) is 29.4 Å². The number of rotatable bonds is 2. The average molecular weight is 334 g/mol. The van der Waals surface area contributed by atoms with Gasteiger partial charge in [0.05, 0.1) is 0 Å². The molecule has 0 radical (unpaired) electrons. The number of hydrogen-bond donors (Lipinski definition) is 1. The largest absolute Gasteiger partial charge is 0.456 e. The highest BCUT2D eigenvalue weighted by molar-refractivity contribution is 6.05. The number of nitrogens with zero attached hydrogens (tertiary/aromatic N) is 1. The second-order valence-corrected chi connectivity index (χ2v) is 7.31. The molecular weight excluding hydrogens is 312 g/mol. The number of fused-ring (bicyclic) bond motifs is 3. The summed E-state index contributed by atoms with van der Waals surface area (Å²) in [7, 11) is 0. The molecule has 5 rings (SSSR count). The molecular formula is C21H22N2O2. The molecule has 25 heavy (non-hydrogen) atoms. The van der Waals surface area contributed by atoms with Gasteiger partial charge in [-0.15, -0.1) is 0 Å². The van der Waals surface area contributed by atoms with Crippen molar-refractivity contribution in [3.63, 3.8) is 0 Å². The summed E-state index contributed by atoms with van der Waals surface area (Å²) in [5, 5.41) is 5.40. The number of nitrogens with one attached hydrogen (secondary N) is 1. The third kappa shape index (κ3) is 2.20. The Labute approximate surface area is 146 Å². The Morgan fingerprint density at radius 2 is 1.88 bits per heavy atom. The first-order chi connectivity index (χ1) is 12.3. The van der Waals surface area contributed by atoms with Crippen LogP contribution in [0.4, 0.5) is 0 Å². The quantitative estimate of drug-likeness (QED) is 0.775. The summed E-state index contributed by atoms with van der Waals surface area (Å²) in [5.74, 6) is 0.216. The van der Waals surface area contributed by atoms with Crippen LogP contribution in [0.25, 0.3) is 21.9 Å². The van der Waals surface area contributed by atoms with E-state index < -0.39 is 0 Å².